The minimum Gasteiger partial charge on any atom is -0.492 e. The van der Waals surface area contributed by atoms with Crippen molar-refractivity contribution in [1.29, 1.82) is 0 Å². The highest BCUT2D eigenvalue weighted by molar-refractivity contribution is 5.60. The molecule has 0 amide bonds. The monoisotopic (exact) mass is 192 g/mol. The van der Waals surface area contributed by atoms with Crippen LogP contribution in [0.3, 0.4) is 0 Å². The van der Waals surface area contributed by atoms with E-state index in [2.05, 4.69) is 6.08 Å². The van der Waals surface area contributed by atoms with Crippen molar-refractivity contribution in [2.24, 2.45) is 5.73 Å². The van der Waals surface area contributed by atoms with Gasteiger partial charge in [0.1, 0.15) is 18.2 Å². The number of ether oxygens (including phenoxy) is 1. The van der Waals surface area contributed by atoms with Gasteiger partial charge in [-0.1, -0.05) is 0 Å². The van der Waals surface area contributed by atoms with Crippen molar-refractivity contribution in [3.63, 3.8) is 0 Å². The van der Waals surface area contributed by atoms with Crippen molar-refractivity contribution in [1.82, 2.24) is 0 Å². The predicted molar refractivity (Wildman–Crippen MR) is 52.4 cm³/mol. The summed E-state index contributed by atoms with van der Waals surface area (Å²) in [6, 6.07) is 3.22. The Morgan fingerprint density at radius 2 is 2.36 bits per heavy atom. The van der Waals surface area contributed by atoms with Gasteiger partial charge >= 0.3 is 0 Å². The van der Waals surface area contributed by atoms with E-state index in [-0.39, 0.29) is 5.82 Å². The zero-order chi connectivity index (χ0) is 9.97. The second-order valence-electron chi connectivity index (χ2n) is 3.14. The fourth-order valence-electron chi connectivity index (χ4n) is 1.48. The molecule has 0 spiro atoms. The van der Waals surface area contributed by atoms with Crippen LogP contribution in [-0.4, -0.2) is 13.2 Å². The number of benzene rings is 1. The van der Waals surface area contributed by atoms with Crippen molar-refractivity contribution < 1.29 is 9.13 Å². The molecule has 0 saturated heterocycles. The first-order valence-corrected chi connectivity index (χ1v) is 4.53. The highest BCUT2D eigenvalue weighted by Gasteiger charge is 2.12. The third-order valence-electron chi connectivity index (χ3n) is 2.11. The van der Waals surface area contributed by atoms with Gasteiger partial charge in [-0.3, -0.25) is 0 Å². The average Bonchev–Trinajstić information content (AvgIpc) is 2.63. The minimum atomic E-state index is -0.250. The molecule has 0 aliphatic heterocycles. The molecule has 0 unspecified atom stereocenters. The van der Waals surface area contributed by atoms with Crippen LogP contribution >= 0.6 is 0 Å². The summed E-state index contributed by atoms with van der Waals surface area (Å²) in [4.78, 5) is 0. The Balaban J connectivity index is 2.25. The van der Waals surface area contributed by atoms with E-state index >= 15 is 0 Å². The minimum absolute atomic E-state index is 0.250. The maximum absolute atomic E-state index is 13.4. The maximum atomic E-state index is 13.4. The van der Waals surface area contributed by atoms with E-state index in [4.69, 9.17) is 10.5 Å². The third kappa shape index (κ3) is 1.63. The van der Waals surface area contributed by atoms with E-state index in [1.807, 2.05) is 6.07 Å². The quantitative estimate of drug-likeness (QED) is 0.788. The standard InChI is InChI=1S/C11H11FNO/c12-11-7-9(14-5-4-13)6-8-2-1-3-10(8)11/h3,6-7H,2,4-5,13H2. The number of allylic oxidation sites excluding steroid dienone is 1. The highest BCUT2D eigenvalue weighted by Crippen LogP contribution is 2.27. The zero-order valence-electron chi connectivity index (χ0n) is 7.72. The molecule has 1 aliphatic carbocycles. The summed E-state index contributed by atoms with van der Waals surface area (Å²) < 4.78 is 18.7. The van der Waals surface area contributed by atoms with Crippen molar-refractivity contribution in [2.45, 2.75) is 6.42 Å². The summed E-state index contributed by atoms with van der Waals surface area (Å²) in [5.74, 6) is 0.295. The molecule has 0 saturated carbocycles. The molecule has 0 fully saturated rings. The SMILES string of the molecule is NCCOc1cc(F)c2c(c1)C[C]=C2. The zero-order valence-corrected chi connectivity index (χ0v) is 7.72. The molecule has 1 aromatic carbocycles. The first-order valence-electron chi connectivity index (χ1n) is 4.53. The van der Waals surface area contributed by atoms with Gasteiger partial charge in [0.15, 0.2) is 0 Å². The van der Waals surface area contributed by atoms with Crippen molar-refractivity contribution in [2.75, 3.05) is 13.2 Å². The van der Waals surface area contributed by atoms with Crippen LogP contribution in [0.4, 0.5) is 4.39 Å². The molecule has 2 N–H and O–H groups in total. The van der Waals surface area contributed by atoms with Gasteiger partial charge < -0.3 is 10.5 Å². The van der Waals surface area contributed by atoms with Crippen LogP contribution in [-0.2, 0) is 6.42 Å². The van der Waals surface area contributed by atoms with E-state index in [0.29, 0.717) is 30.9 Å². The Labute approximate surface area is 82.2 Å². The molecule has 1 aliphatic rings. The molecule has 3 heteroatoms. The first-order chi connectivity index (χ1) is 6.81. The molecule has 14 heavy (non-hydrogen) atoms. The smallest absolute Gasteiger partial charge is 0.134 e. The summed E-state index contributed by atoms with van der Waals surface area (Å²) in [7, 11) is 0. The van der Waals surface area contributed by atoms with E-state index in [9.17, 15) is 4.39 Å². The predicted octanol–water partition coefficient (Wildman–Crippen LogP) is 1.54. The van der Waals surface area contributed by atoms with Gasteiger partial charge in [0, 0.05) is 18.2 Å². The largest absolute Gasteiger partial charge is 0.492 e. The summed E-state index contributed by atoms with van der Waals surface area (Å²) in [6.45, 7) is 0.846. The number of rotatable bonds is 3. The summed E-state index contributed by atoms with van der Waals surface area (Å²) in [6.07, 6.45) is 5.30. The van der Waals surface area contributed by atoms with Gasteiger partial charge in [0.05, 0.1) is 0 Å². The van der Waals surface area contributed by atoms with Gasteiger partial charge in [0.25, 0.3) is 0 Å². The van der Waals surface area contributed by atoms with Crippen molar-refractivity contribution in [3.8, 4) is 5.75 Å². The van der Waals surface area contributed by atoms with Crippen LogP contribution in [0.15, 0.2) is 12.1 Å². The molecule has 0 bridgehead atoms. The fraction of sp³-hybridized carbons (Fsp3) is 0.273. The molecule has 73 valence electrons. The highest BCUT2D eigenvalue weighted by atomic mass is 19.1. The lowest BCUT2D eigenvalue weighted by atomic mass is 10.1. The number of nitrogens with two attached hydrogens (primary N) is 1. The van der Waals surface area contributed by atoms with Gasteiger partial charge in [0.2, 0.25) is 0 Å². The Morgan fingerprint density at radius 3 is 3.14 bits per heavy atom. The summed E-state index contributed by atoms with van der Waals surface area (Å²) in [5, 5.41) is 0. The molecule has 2 nitrogen and oxygen atoms in total. The molecule has 1 aromatic rings. The molecule has 0 aromatic heterocycles. The van der Waals surface area contributed by atoms with Crippen LogP contribution < -0.4 is 10.5 Å². The lowest BCUT2D eigenvalue weighted by molar-refractivity contribution is 0.326. The van der Waals surface area contributed by atoms with E-state index in [1.165, 1.54) is 6.07 Å². The number of hydrogen-bond donors (Lipinski definition) is 1. The topological polar surface area (TPSA) is 35.2 Å². The maximum Gasteiger partial charge on any atom is 0.134 e. The average molecular weight is 192 g/mol. The van der Waals surface area contributed by atoms with Gasteiger partial charge in [-0.05, 0) is 30.2 Å². The number of hydrogen-bond acceptors (Lipinski definition) is 2. The van der Waals surface area contributed by atoms with Crippen LogP contribution in [0.25, 0.3) is 6.08 Å². The molecular formula is C11H11FNO. The Bertz CT molecular complexity index is 374. The van der Waals surface area contributed by atoms with E-state index in [0.717, 1.165) is 5.56 Å². The number of halogens is 1. The van der Waals surface area contributed by atoms with Crippen LogP contribution in [0.5, 0.6) is 5.75 Å². The van der Waals surface area contributed by atoms with Gasteiger partial charge in [-0.25, -0.2) is 4.39 Å². The molecule has 2 rings (SSSR count). The first kappa shape index (κ1) is 9.21. The van der Waals surface area contributed by atoms with Crippen molar-refractivity contribution >= 4 is 6.08 Å². The molecule has 0 atom stereocenters. The van der Waals surface area contributed by atoms with E-state index < -0.39 is 0 Å². The Kier molecular flexibility index (Phi) is 2.50. The summed E-state index contributed by atoms with van der Waals surface area (Å²) in [5.41, 5.74) is 6.85. The Hall–Kier alpha value is -1.35. The normalized spacial score (nSPS) is 13.0. The van der Waals surface area contributed by atoms with Crippen molar-refractivity contribution in [3.05, 3.63) is 35.2 Å². The summed E-state index contributed by atoms with van der Waals surface area (Å²) >= 11 is 0. The third-order valence-corrected chi connectivity index (χ3v) is 2.11. The second-order valence-corrected chi connectivity index (χ2v) is 3.14. The molecule has 1 radical (unpaired) electrons. The van der Waals surface area contributed by atoms with Gasteiger partial charge in [-0.15, -0.1) is 0 Å². The fourth-order valence-corrected chi connectivity index (χ4v) is 1.48. The van der Waals surface area contributed by atoms with E-state index in [1.54, 1.807) is 6.08 Å². The van der Waals surface area contributed by atoms with Gasteiger partial charge in [-0.2, -0.15) is 0 Å². The van der Waals surface area contributed by atoms with Crippen LogP contribution in [0.2, 0.25) is 0 Å². The molecular weight excluding hydrogens is 181 g/mol. The molecule has 0 heterocycles. The Morgan fingerprint density at radius 1 is 1.50 bits per heavy atom. The van der Waals surface area contributed by atoms with Crippen LogP contribution in [0, 0.1) is 11.9 Å². The van der Waals surface area contributed by atoms with Crippen LogP contribution in [0.1, 0.15) is 11.1 Å². The number of fused-ring (bicyclic) bond motifs is 1. The second kappa shape index (κ2) is 3.80. The lowest BCUT2D eigenvalue weighted by Crippen LogP contribution is -2.10. The lowest BCUT2D eigenvalue weighted by Gasteiger charge is -2.07.